The number of hydrogen-bond acceptors (Lipinski definition) is 2. The number of rotatable bonds is 1. The molecule has 2 unspecified atom stereocenters. The van der Waals surface area contributed by atoms with Crippen LogP contribution in [0.1, 0.15) is 34.6 Å². The minimum Gasteiger partial charge on any atom is -0.372 e. The van der Waals surface area contributed by atoms with Gasteiger partial charge in [-0.15, -0.1) is 0 Å². The molecular formula is C11H23NO. The fourth-order valence-corrected chi connectivity index (χ4v) is 1.57. The number of morpholine rings is 1. The normalized spacial score (nSPS) is 30.9. The standard InChI is InChI=1S/C11H23NO/c1-8(2)9-6-12-7-10(13-9)11(3,4)5/h8-10,12H,6-7H2,1-5H3. The molecular weight excluding hydrogens is 162 g/mol. The average molecular weight is 185 g/mol. The minimum atomic E-state index is 0.251. The van der Waals surface area contributed by atoms with E-state index in [2.05, 4.69) is 39.9 Å². The van der Waals surface area contributed by atoms with Crippen molar-refractivity contribution >= 4 is 0 Å². The van der Waals surface area contributed by atoms with Crippen LogP contribution in [-0.2, 0) is 4.74 Å². The Morgan fingerprint density at radius 2 is 1.85 bits per heavy atom. The van der Waals surface area contributed by atoms with Crippen LogP contribution in [0.25, 0.3) is 0 Å². The van der Waals surface area contributed by atoms with Gasteiger partial charge in [-0.1, -0.05) is 34.6 Å². The zero-order valence-corrected chi connectivity index (χ0v) is 9.55. The second-order valence-electron chi connectivity index (χ2n) is 5.43. The Balaban J connectivity index is 2.52. The summed E-state index contributed by atoms with van der Waals surface area (Å²) in [5.41, 5.74) is 0.251. The molecule has 0 aliphatic carbocycles. The third-order valence-corrected chi connectivity index (χ3v) is 2.72. The van der Waals surface area contributed by atoms with Crippen LogP contribution in [0.4, 0.5) is 0 Å². The van der Waals surface area contributed by atoms with E-state index >= 15 is 0 Å². The first-order valence-corrected chi connectivity index (χ1v) is 5.27. The molecule has 1 aliphatic rings. The van der Waals surface area contributed by atoms with Gasteiger partial charge < -0.3 is 10.1 Å². The summed E-state index contributed by atoms with van der Waals surface area (Å²) in [5, 5.41) is 3.45. The molecule has 0 aromatic heterocycles. The van der Waals surface area contributed by atoms with E-state index in [1.165, 1.54) is 0 Å². The van der Waals surface area contributed by atoms with Crippen LogP contribution in [0.2, 0.25) is 0 Å². The molecule has 1 aliphatic heterocycles. The van der Waals surface area contributed by atoms with Gasteiger partial charge in [0.2, 0.25) is 0 Å². The molecule has 2 atom stereocenters. The van der Waals surface area contributed by atoms with Crippen molar-refractivity contribution in [1.82, 2.24) is 5.32 Å². The first-order chi connectivity index (χ1) is 5.91. The molecule has 1 fully saturated rings. The summed E-state index contributed by atoms with van der Waals surface area (Å²) in [6.07, 6.45) is 0.742. The molecule has 0 aromatic carbocycles. The van der Waals surface area contributed by atoms with E-state index in [9.17, 15) is 0 Å². The van der Waals surface area contributed by atoms with Crippen LogP contribution < -0.4 is 5.32 Å². The monoisotopic (exact) mass is 185 g/mol. The summed E-state index contributed by atoms with van der Waals surface area (Å²) in [6.45, 7) is 13.2. The Kier molecular flexibility index (Phi) is 3.36. The fourth-order valence-electron chi connectivity index (χ4n) is 1.57. The maximum atomic E-state index is 6.05. The van der Waals surface area contributed by atoms with Crippen molar-refractivity contribution in [3.63, 3.8) is 0 Å². The van der Waals surface area contributed by atoms with Gasteiger partial charge in [-0.05, 0) is 11.3 Å². The first kappa shape index (κ1) is 11.0. The van der Waals surface area contributed by atoms with E-state index in [0.29, 0.717) is 18.1 Å². The predicted octanol–water partition coefficient (Wildman–Crippen LogP) is 2.05. The molecule has 1 heterocycles. The quantitative estimate of drug-likeness (QED) is 0.675. The van der Waals surface area contributed by atoms with Crippen LogP contribution in [0, 0.1) is 11.3 Å². The topological polar surface area (TPSA) is 21.3 Å². The zero-order valence-electron chi connectivity index (χ0n) is 9.55. The van der Waals surface area contributed by atoms with E-state index in [0.717, 1.165) is 13.1 Å². The summed E-state index contributed by atoms with van der Waals surface area (Å²) >= 11 is 0. The van der Waals surface area contributed by atoms with Gasteiger partial charge in [0.15, 0.2) is 0 Å². The number of hydrogen-bond donors (Lipinski definition) is 1. The first-order valence-electron chi connectivity index (χ1n) is 5.27. The van der Waals surface area contributed by atoms with Gasteiger partial charge in [0, 0.05) is 13.1 Å². The highest BCUT2D eigenvalue weighted by Crippen LogP contribution is 2.26. The summed E-state index contributed by atoms with van der Waals surface area (Å²) < 4.78 is 6.05. The van der Waals surface area contributed by atoms with Crippen molar-refractivity contribution in [3.05, 3.63) is 0 Å². The van der Waals surface area contributed by atoms with Gasteiger partial charge in [0.25, 0.3) is 0 Å². The van der Waals surface area contributed by atoms with Crippen LogP contribution in [0.5, 0.6) is 0 Å². The molecule has 0 spiro atoms. The number of nitrogens with one attached hydrogen (secondary N) is 1. The second kappa shape index (κ2) is 3.97. The van der Waals surface area contributed by atoms with E-state index in [1.807, 2.05) is 0 Å². The van der Waals surface area contributed by atoms with E-state index in [-0.39, 0.29) is 5.41 Å². The lowest BCUT2D eigenvalue weighted by Crippen LogP contribution is -2.51. The average Bonchev–Trinajstić information content (AvgIpc) is 2.03. The molecule has 78 valence electrons. The lowest BCUT2D eigenvalue weighted by Gasteiger charge is -2.39. The molecule has 1 N–H and O–H groups in total. The van der Waals surface area contributed by atoms with Gasteiger partial charge in [-0.25, -0.2) is 0 Å². The number of ether oxygens (including phenoxy) is 1. The molecule has 0 amide bonds. The largest absolute Gasteiger partial charge is 0.372 e. The highest BCUT2D eigenvalue weighted by Gasteiger charge is 2.32. The Hall–Kier alpha value is -0.0800. The van der Waals surface area contributed by atoms with Gasteiger partial charge in [-0.3, -0.25) is 0 Å². The fraction of sp³-hybridized carbons (Fsp3) is 1.00. The lowest BCUT2D eigenvalue weighted by atomic mass is 9.87. The smallest absolute Gasteiger partial charge is 0.0752 e. The molecule has 1 rings (SSSR count). The molecule has 0 saturated carbocycles. The molecule has 1 saturated heterocycles. The molecule has 13 heavy (non-hydrogen) atoms. The summed E-state index contributed by atoms with van der Waals surface area (Å²) in [7, 11) is 0. The van der Waals surface area contributed by atoms with E-state index in [1.54, 1.807) is 0 Å². The van der Waals surface area contributed by atoms with Gasteiger partial charge in [-0.2, -0.15) is 0 Å². The summed E-state index contributed by atoms with van der Waals surface area (Å²) in [4.78, 5) is 0. The van der Waals surface area contributed by atoms with Gasteiger partial charge in [0.05, 0.1) is 12.2 Å². The molecule has 0 bridgehead atoms. The van der Waals surface area contributed by atoms with Crippen molar-refractivity contribution < 1.29 is 4.74 Å². The second-order valence-corrected chi connectivity index (χ2v) is 5.43. The van der Waals surface area contributed by atoms with E-state index < -0.39 is 0 Å². The van der Waals surface area contributed by atoms with Crippen molar-refractivity contribution in [2.45, 2.75) is 46.8 Å². The Morgan fingerprint density at radius 3 is 2.31 bits per heavy atom. The molecule has 0 radical (unpaired) electrons. The Labute approximate surface area is 82.0 Å². The van der Waals surface area contributed by atoms with Crippen LogP contribution >= 0.6 is 0 Å². The Morgan fingerprint density at radius 1 is 1.23 bits per heavy atom. The zero-order chi connectivity index (χ0) is 10.1. The predicted molar refractivity (Wildman–Crippen MR) is 55.8 cm³/mol. The van der Waals surface area contributed by atoms with Crippen LogP contribution in [0.15, 0.2) is 0 Å². The van der Waals surface area contributed by atoms with E-state index in [4.69, 9.17) is 4.74 Å². The minimum absolute atomic E-state index is 0.251. The highest BCUT2D eigenvalue weighted by atomic mass is 16.5. The van der Waals surface area contributed by atoms with Crippen molar-refractivity contribution in [2.75, 3.05) is 13.1 Å². The maximum absolute atomic E-state index is 6.05. The Bertz CT molecular complexity index is 160. The molecule has 2 nitrogen and oxygen atoms in total. The molecule has 0 aromatic rings. The van der Waals surface area contributed by atoms with Crippen molar-refractivity contribution in [3.8, 4) is 0 Å². The van der Waals surface area contributed by atoms with Crippen LogP contribution in [0.3, 0.4) is 0 Å². The lowest BCUT2D eigenvalue weighted by molar-refractivity contribution is -0.103. The maximum Gasteiger partial charge on any atom is 0.0752 e. The van der Waals surface area contributed by atoms with Crippen molar-refractivity contribution in [1.29, 1.82) is 0 Å². The summed E-state index contributed by atoms with van der Waals surface area (Å²) in [6, 6.07) is 0. The summed E-state index contributed by atoms with van der Waals surface area (Å²) in [5.74, 6) is 0.609. The van der Waals surface area contributed by atoms with Gasteiger partial charge in [0.1, 0.15) is 0 Å². The molecule has 2 heteroatoms. The van der Waals surface area contributed by atoms with Crippen LogP contribution in [-0.4, -0.2) is 25.3 Å². The SMILES string of the molecule is CC(C)C1CNCC(C(C)(C)C)O1. The highest BCUT2D eigenvalue weighted by molar-refractivity contribution is 4.83. The third-order valence-electron chi connectivity index (χ3n) is 2.72. The van der Waals surface area contributed by atoms with Crippen molar-refractivity contribution in [2.24, 2.45) is 11.3 Å². The third kappa shape index (κ3) is 2.96. The van der Waals surface area contributed by atoms with Gasteiger partial charge >= 0.3 is 0 Å².